The summed E-state index contributed by atoms with van der Waals surface area (Å²) in [5, 5.41) is 2.79. The number of nitrogens with one attached hydrogen (secondary N) is 1. The van der Waals surface area contributed by atoms with E-state index in [4.69, 9.17) is 0 Å². The molecule has 0 radical (unpaired) electrons. The minimum atomic E-state index is -4.49. The Bertz CT molecular complexity index is 577. The van der Waals surface area contributed by atoms with Crippen molar-refractivity contribution in [2.24, 2.45) is 0 Å². The summed E-state index contributed by atoms with van der Waals surface area (Å²) in [6, 6.07) is 0.749. The van der Waals surface area contributed by atoms with Gasteiger partial charge in [-0.05, 0) is 39.4 Å². The largest absolute Gasteiger partial charge is 0.433 e. The summed E-state index contributed by atoms with van der Waals surface area (Å²) in [7, 11) is 1.93. The first-order valence-electron chi connectivity index (χ1n) is 8.17. The Balaban J connectivity index is 1.91. The summed E-state index contributed by atoms with van der Waals surface area (Å²) in [6.07, 6.45) is -0.301. The lowest BCUT2D eigenvalue weighted by molar-refractivity contribution is -0.141. The third kappa shape index (κ3) is 5.15. The molecule has 0 aliphatic carbocycles. The molecule has 1 atom stereocenters. The van der Waals surface area contributed by atoms with Gasteiger partial charge in [0.25, 0.3) is 0 Å². The SMILES string of the molecule is Cc1cc(C(F)(F)F)nc(CCNC(=O)C2CCCCCN2C)n1. The van der Waals surface area contributed by atoms with E-state index in [2.05, 4.69) is 15.3 Å². The smallest absolute Gasteiger partial charge is 0.354 e. The minimum Gasteiger partial charge on any atom is -0.354 e. The van der Waals surface area contributed by atoms with Crippen LogP contribution in [-0.2, 0) is 17.4 Å². The van der Waals surface area contributed by atoms with Crippen molar-refractivity contribution in [3.8, 4) is 0 Å². The number of aromatic nitrogens is 2. The second-order valence-corrected chi connectivity index (χ2v) is 6.20. The van der Waals surface area contributed by atoms with Crippen LogP contribution < -0.4 is 5.32 Å². The molecular weight excluding hydrogens is 321 g/mol. The number of carbonyl (C=O) groups excluding carboxylic acids is 1. The van der Waals surface area contributed by atoms with E-state index in [0.717, 1.165) is 38.3 Å². The van der Waals surface area contributed by atoms with E-state index in [1.807, 2.05) is 11.9 Å². The molecule has 24 heavy (non-hydrogen) atoms. The zero-order chi connectivity index (χ0) is 17.7. The van der Waals surface area contributed by atoms with Gasteiger partial charge >= 0.3 is 6.18 Å². The van der Waals surface area contributed by atoms with Crippen LogP contribution in [-0.4, -0.2) is 47.0 Å². The summed E-state index contributed by atoms with van der Waals surface area (Å²) in [5.74, 6) is 0.0138. The summed E-state index contributed by atoms with van der Waals surface area (Å²) < 4.78 is 38.3. The van der Waals surface area contributed by atoms with E-state index in [1.54, 1.807) is 0 Å². The van der Waals surface area contributed by atoms with Gasteiger partial charge in [0.2, 0.25) is 5.91 Å². The van der Waals surface area contributed by atoms with E-state index in [9.17, 15) is 18.0 Å². The van der Waals surface area contributed by atoms with Crippen LogP contribution in [0.5, 0.6) is 0 Å². The predicted octanol–water partition coefficient (Wildman–Crippen LogP) is 2.34. The molecule has 0 aromatic carbocycles. The first-order chi connectivity index (χ1) is 11.3. The normalized spacial score (nSPS) is 19.8. The summed E-state index contributed by atoms with van der Waals surface area (Å²) in [6.45, 7) is 2.61. The van der Waals surface area contributed by atoms with Gasteiger partial charge in [0.15, 0.2) is 0 Å². The molecule has 1 aromatic heterocycles. The Morgan fingerprint density at radius 3 is 2.79 bits per heavy atom. The average Bonchev–Trinajstić information content (AvgIpc) is 2.70. The first kappa shape index (κ1) is 18.6. The second kappa shape index (κ2) is 7.92. The number of nitrogens with zero attached hydrogens (tertiary/aromatic N) is 3. The molecule has 0 bridgehead atoms. The number of aryl methyl sites for hydroxylation is 1. The van der Waals surface area contributed by atoms with Crippen molar-refractivity contribution in [2.45, 2.75) is 51.2 Å². The van der Waals surface area contributed by atoms with Crippen LogP contribution >= 0.6 is 0 Å². The van der Waals surface area contributed by atoms with Crippen LogP contribution in [0.1, 0.15) is 42.9 Å². The fourth-order valence-electron chi connectivity index (χ4n) is 2.89. The zero-order valence-corrected chi connectivity index (χ0v) is 14.0. The number of likely N-dealkylation sites (N-methyl/N-ethyl adjacent to an activating group) is 1. The van der Waals surface area contributed by atoms with Gasteiger partial charge in [-0.15, -0.1) is 0 Å². The molecule has 5 nitrogen and oxygen atoms in total. The van der Waals surface area contributed by atoms with Crippen molar-refractivity contribution in [3.63, 3.8) is 0 Å². The molecule has 1 unspecified atom stereocenters. The van der Waals surface area contributed by atoms with E-state index in [1.165, 1.54) is 6.92 Å². The predicted molar refractivity (Wildman–Crippen MR) is 83.4 cm³/mol. The number of rotatable bonds is 4. The fraction of sp³-hybridized carbons (Fsp3) is 0.688. The maximum Gasteiger partial charge on any atom is 0.433 e. The van der Waals surface area contributed by atoms with Gasteiger partial charge in [-0.1, -0.05) is 12.8 Å². The molecule has 1 aliphatic rings. The van der Waals surface area contributed by atoms with E-state index in [0.29, 0.717) is 0 Å². The number of alkyl halides is 3. The van der Waals surface area contributed by atoms with Crippen molar-refractivity contribution in [1.82, 2.24) is 20.2 Å². The molecule has 0 saturated carbocycles. The lowest BCUT2D eigenvalue weighted by Gasteiger charge is -2.24. The number of amides is 1. The van der Waals surface area contributed by atoms with Crippen LogP contribution in [0.4, 0.5) is 13.2 Å². The highest BCUT2D eigenvalue weighted by atomic mass is 19.4. The Kier molecular flexibility index (Phi) is 6.15. The monoisotopic (exact) mass is 344 g/mol. The van der Waals surface area contributed by atoms with Gasteiger partial charge < -0.3 is 5.32 Å². The van der Waals surface area contributed by atoms with Gasteiger partial charge in [-0.2, -0.15) is 13.2 Å². The molecular formula is C16H23F3N4O. The Morgan fingerprint density at radius 1 is 1.33 bits per heavy atom. The van der Waals surface area contributed by atoms with Crippen molar-refractivity contribution < 1.29 is 18.0 Å². The fourth-order valence-corrected chi connectivity index (χ4v) is 2.89. The molecule has 8 heteroatoms. The lowest BCUT2D eigenvalue weighted by Crippen LogP contribution is -2.45. The van der Waals surface area contributed by atoms with Crippen molar-refractivity contribution >= 4 is 5.91 Å². The third-order valence-corrected chi connectivity index (χ3v) is 4.16. The van der Waals surface area contributed by atoms with Crippen molar-refractivity contribution in [1.29, 1.82) is 0 Å². The molecule has 2 rings (SSSR count). The van der Waals surface area contributed by atoms with E-state index < -0.39 is 11.9 Å². The molecule has 0 spiro atoms. The molecule has 1 aromatic rings. The maximum atomic E-state index is 12.8. The highest BCUT2D eigenvalue weighted by molar-refractivity contribution is 5.81. The van der Waals surface area contributed by atoms with Gasteiger partial charge in [-0.3, -0.25) is 9.69 Å². The number of hydrogen-bond acceptors (Lipinski definition) is 4. The summed E-state index contributed by atoms with van der Waals surface area (Å²) in [5.41, 5.74) is -0.679. The lowest BCUT2D eigenvalue weighted by atomic mass is 10.1. The maximum absolute atomic E-state index is 12.8. The number of halogens is 3. The average molecular weight is 344 g/mol. The number of carbonyl (C=O) groups is 1. The highest BCUT2D eigenvalue weighted by Gasteiger charge is 2.33. The highest BCUT2D eigenvalue weighted by Crippen LogP contribution is 2.27. The second-order valence-electron chi connectivity index (χ2n) is 6.20. The third-order valence-electron chi connectivity index (χ3n) is 4.16. The van der Waals surface area contributed by atoms with Crippen LogP contribution in [0.25, 0.3) is 0 Å². The summed E-state index contributed by atoms with van der Waals surface area (Å²) in [4.78, 5) is 21.9. The van der Waals surface area contributed by atoms with Crippen LogP contribution in [0.3, 0.4) is 0 Å². The van der Waals surface area contributed by atoms with Crippen LogP contribution in [0.15, 0.2) is 6.07 Å². The molecule has 1 saturated heterocycles. The Labute approximate surface area is 139 Å². The van der Waals surface area contributed by atoms with Crippen LogP contribution in [0.2, 0.25) is 0 Å². The molecule has 1 fully saturated rings. The van der Waals surface area contributed by atoms with Gasteiger partial charge in [0.1, 0.15) is 11.5 Å². The van der Waals surface area contributed by atoms with Gasteiger partial charge in [-0.25, -0.2) is 9.97 Å². The molecule has 1 aliphatic heterocycles. The Hall–Kier alpha value is -1.70. The van der Waals surface area contributed by atoms with E-state index in [-0.39, 0.29) is 36.4 Å². The zero-order valence-electron chi connectivity index (χ0n) is 14.0. The standard InChI is InChI=1S/C16H23F3N4O/c1-11-10-13(16(17,18)19)22-14(21-11)7-8-20-15(24)12-6-4-3-5-9-23(12)2/h10,12H,3-9H2,1-2H3,(H,20,24). The number of likely N-dealkylation sites (tertiary alicyclic amines) is 1. The topological polar surface area (TPSA) is 58.1 Å². The quantitative estimate of drug-likeness (QED) is 0.911. The summed E-state index contributed by atoms with van der Waals surface area (Å²) >= 11 is 0. The van der Waals surface area contributed by atoms with E-state index >= 15 is 0 Å². The molecule has 134 valence electrons. The Morgan fingerprint density at radius 2 is 2.08 bits per heavy atom. The molecule has 1 amide bonds. The number of hydrogen-bond donors (Lipinski definition) is 1. The molecule has 1 N–H and O–H groups in total. The first-order valence-corrected chi connectivity index (χ1v) is 8.17. The van der Waals surface area contributed by atoms with Crippen molar-refractivity contribution in [2.75, 3.05) is 20.1 Å². The van der Waals surface area contributed by atoms with Gasteiger partial charge in [0.05, 0.1) is 6.04 Å². The molecule has 2 heterocycles. The van der Waals surface area contributed by atoms with Crippen LogP contribution in [0, 0.1) is 6.92 Å². The van der Waals surface area contributed by atoms with Crippen molar-refractivity contribution in [3.05, 3.63) is 23.3 Å². The minimum absolute atomic E-state index is 0.0805. The van der Waals surface area contributed by atoms with Gasteiger partial charge in [0, 0.05) is 18.7 Å².